The second-order valence-electron chi connectivity index (χ2n) is 8.80. The Balaban J connectivity index is 1.30. The number of rotatable bonds is 7. The monoisotopic (exact) mass is 479 g/mol. The number of hydrogen-bond acceptors (Lipinski definition) is 6. The fourth-order valence-electron chi connectivity index (χ4n) is 5.05. The average molecular weight is 480 g/mol. The Labute approximate surface area is 197 Å². The maximum Gasteiger partial charge on any atom is 0.248 e. The van der Waals surface area contributed by atoms with Crippen LogP contribution in [0.4, 0.5) is 0 Å². The highest BCUT2D eigenvalue weighted by atomic mass is 32.2. The molecule has 1 amide bonds. The molecular formula is C25H25N3O5S. The first-order chi connectivity index (χ1) is 16.4. The molecule has 2 unspecified atom stereocenters. The lowest BCUT2D eigenvalue weighted by molar-refractivity contribution is -0.134. The first-order valence-electron chi connectivity index (χ1n) is 11.1. The van der Waals surface area contributed by atoms with Gasteiger partial charge in [-0.15, -0.1) is 0 Å². The molecule has 1 heterocycles. The van der Waals surface area contributed by atoms with Crippen LogP contribution in [0.2, 0.25) is 0 Å². The lowest BCUT2D eigenvalue weighted by atomic mass is 9.89. The number of nitrogens with one attached hydrogen (secondary N) is 2. The molecule has 2 aliphatic rings. The van der Waals surface area contributed by atoms with Gasteiger partial charge in [-0.25, -0.2) is 18.6 Å². The van der Waals surface area contributed by atoms with E-state index in [1.165, 1.54) is 12.1 Å². The van der Waals surface area contributed by atoms with E-state index in [2.05, 4.69) is 9.71 Å². The number of carbonyl (C=O) groups excluding carboxylic acids is 1. The Morgan fingerprint density at radius 1 is 1.12 bits per heavy atom. The third kappa shape index (κ3) is 4.18. The van der Waals surface area contributed by atoms with Gasteiger partial charge in [0, 0.05) is 22.7 Å². The largest absolute Gasteiger partial charge is 0.489 e. The lowest BCUT2D eigenvalue weighted by Crippen LogP contribution is -2.48. The summed E-state index contributed by atoms with van der Waals surface area (Å²) in [6.45, 7) is 2.26. The van der Waals surface area contributed by atoms with Crippen molar-refractivity contribution >= 4 is 26.8 Å². The molecule has 0 spiro atoms. The Morgan fingerprint density at radius 2 is 1.85 bits per heavy atom. The third-order valence-electron chi connectivity index (χ3n) is 6.62. The maximum atomic E-state index is 13.0. The Bertz CT molecular complexity index is 1370. The summed E-state index contributed by atoms with van der Waals surface area (Å²) >= 11 is 0. The fourth-order valence-corrected chi connectivity index (χ4v) is 6.36. The van der Waals surface area contributed by atoms with Crippen molar-refractivity contribution in [2.75, 3.05) is 0 Å². The Kier molecular flexibility index (Phi) is 5.85. The van der Waals surface area contributed by atoms with E-state index in [-0.39, 0.29) is 16.7 Å². The summed E-state index contributed by atoms with van der Waals surface area (Å²) in [5.74, 6) is -0.849. The predicted octanol–water partition coefficient (Wildman–Crippen LogP) is 3.10. The molecule has 9 heteroatoms. The summed E-state index contributed by atoms with van der Waals surface area (Å²) in [5.41, 5.74) is 4.46. The Morgan fingerprint density at radius 3 is 2.62 bits per heavy atom. The number of ether oxygens (including phenoxy) is 1. The Hall–Kier alpha value is -3.27. The van der Waals surface area contributed by atoms with Crippen LogP contribution < -0.4 is 14.9 Å². The summed E-state index contributed by atoms with van der Waals surface area (Å²) in [5, 5.41) is 10.1. The van der Waals surface area contributed by atoms with E-state index in [4.69, 9.17) is 9.94 Å². The molecule has 5 rings (SSSR count). The van der Waals surface area contributed by atoms with Crippen molar-refractivity contribution in [3.8, 4) is 5.75 Å². The highest BCUT2D eigenvalue weighted by Crippen LogP contribution is 2.44. The second kappa shape index (κ2) is 8.83. The van der Waals surface area contributed by atoms with E-state index in [0.717, 1.165) is 22.2 Å². The van der Waals surface area contributed by atoms with E-state index < -0.39 is 27.9 Å². The van der Waals surface area contributed by atoms with Gasteiger partial charge in [0.15, 0.2) is 0 Å². The molecule has 1 fully saturated rings. The minimum Gasteiger partial charge on any atom is -0.489 e. The molecule has 8 nitrogen and oxygen atoms in total. The van der Waals surface area contributed by atoms with Crippen LogP contribution in [0.25, 0.3) is 10.9 Å². The van der Waals surface area contributed by atoms with Gasteiger partial charge in [0.2, 0.25) is 15.9 Å². The number of hydrogen-bond donors (Lipinski definition) is 3. The van der Waals surface area contributed by atoms with E-state index in [1.54, 1.807) is 17.6 Å². The van der Waals surface area contributed by atoms with Crippen molar-refractivity contribution in [1.29, 1.82) is 0 Å². The van der Waals surface area contributed by atoms with E-state index in [0.29, 0.717) is 18.8 Å². The zero-order chi connectivity index (χ0) is 23.9. The fraction of sp³-hybridized carbons (Fsp3) is 0.280. The quantitative estimate of drug-likeness (QED) is 0.272. The zero-order valence-corrected chi connectivity index (χ0v) is 19.3. The van der Waals surface area contributed by atoms with Crippen LogP contribution in [-0.2, 0) is 21.4 Å². The number of pyridine rings is 1. The number of allylic oxidation sites excluding steroid dienone is 1. The number of sulfonamides is 1. The average Bonchev–Trinajstić information content (AvgIpc) is 3.44. The summed E-state index contributed by atoms with van der Waals surface area (Å²) in [6.07, 6.45) is 4.52. The van der Waals surface area contributed by atoms with Gasteiger partial charge < -0.3 is 4.74 Å². The van der Waals surface area contributed by atoms with Crippen molar-refractivity contribution in [2.45, 2.75) is 30.9 Å². The molecule has 3 aromatic rings. The molecule has 34 heavy (non-hydrogen) atoms. The van der Waals surface area contributed by atoms with Crippen molar-refractivity contribution in [3.05, 3.63) is 78.0 Å². The number of hydroxylamine groups is 1. The summed E-state index contributed by atoms with van der Waals surface area (Å²) in [6, 6.07) is 15.4. The van der Waals surface area contributed by atoms with Crippen LogP contribution in [-0.4, -0.2) is 30.6 Å². The first kappa shape index (κ1) is 22.5. The molecule has 4 atom stereocenters. The van der Waals surface area contributed by atoms with Gasteiger partial charge in [-0.3, -0.25) is 15.0 Å². The van der Waals surface area contributed by atoms with Gasteiger partial charge in [-0.05, 0) is 61.6 Å². The highest BCUT2D eigenvalue weighted by molar-refractivity contribution is 7.89. The van der Waals surface area contributed by atoms with Crippen LogP contribution in [0.3, 0.4) is 0 Å². The van der Waals surface area contributed by atoms with Gasteiger partial charge >= 0.3 is 0 Å². The SMILES string of the molecule is Cc1cc(COc2ccc(S(=O)(=O)N[C@H]3C4C=CC(C4)[C@H]3C(=O)NO)cc2)c2ccccc2n1. The summed E-state index contributed by atoms with van der Waals surface area (Å²) in [4.78, 5) is 16.7. The van der Waals surface area contributed by atoms with Gasteiger partial charge in [-0.2, -0.15) is 0 Å². The van der Waals surface area contributed by atoms with Crippen LogP contribution in [0.1, 0.15) is 17.7 Å². The molecule has 0 radical (unpaired) electrons. The number of carbonyl (C=O) groups is 1. The number of benzene rings is 2. The molecule has 0 saturated heterocycles. The van der Waals surface area contributed by atoms with Gasteiger partial charge in [0.05, 0.1) is 16.3 Å². The third-order valence-corrected chi connectivity index (χ3v) is 8.10. The van der Waals surface area contributed by atoms with E-state index in [1.807, 2.05) is 49.4 Å². The van der Waals surface area contributed by atoms with Crippen LogP contribution in [0, 0.1) is 24.7 Å². The highest BCUT2D eigenvalue weighted by Gasteiger charge is 2.49. The molecule has 1 aromatic heterocycles. The molecule has 176 valence electrons. The molecule has 2 bridgehead atoms. The summed E-state index contributed by atoms with van der Waals surface area (Å²) < 4.78 is 34.6. The predicted molar refractivity (Wildman–Crippen MR) is 126 cm³/mol. The van der Waals surface area contributed by atoms with Crippen molar-refractivity contribution in [2.24, 2.45) is 17.8 Å². The van der Waals surface area contributed by atoms with Gasteiger partial charge in [0.1, 0.15) is 12.4 Å². The van der Waals surface area contributed by atoms with Crippen LogP contribution >= 0.6 is 0 Å². The van der Waals surface area contributed by atoms with Crippen molar-refractivity contribution < 1.29 is 23.2 Å². The van der Waals surface area contributed by atoms with Crippen molar-refractivity contribution in [1.82, 2.24) is 15.2 Å². The number of amides is 1. The number of fused-ring (bicyclic) bond motifs is 3. The topological polar surface area (TPSA) is 118 Å². The zero-order valence-electron chi connectivity index (χ0n) is 18.5. The summed E-state index contributed by atoms with van der Waals surface area (Å²) in [7, 11) is -3.87. The minimum absolute atomic E-state index is 0.0803. The number of para-hydroxylation sites is 1. The second-order valence-corrected chi connectivity index (χ2v) is 10.5. The van der Waals surface area contributed by atoms with E-state index >= 15 is 0 Å². The molecule has 2 aromatic carbocycles. The van der Waals surface area contributed by atoms with Crippen LogP contribution in [0.5, 0.6) is 5.75 Å². The van der Waals surface area contributed by atoms with Crippen LogP contribution in [0.15, 0.2) is 71.6 Å². The normalized spacial score (nSPS) is 23.4. The minimum atomic E-state index is -3.87. The van der Waals surface area contributed by atoms with E-state index in [9.17, 15) is 13.2 Å². The number of aryl methyl sites for hydroxylation is 1. The van der Waals surface area contributed by atoms with Crippen molar-refractivity contribution in [3.63, 3.8) is 0 Å². The molecule has 3 N–H and O–H groups in total. The standard InChI is InChI=1S/C25H25N3O5S/c1-15-12-18(21-4-2-3-5-22(21)26-15)14-33-19-8-10-20(11-9-19)34(31,32)28-24-17-7-6-16(13-17)23(24)25(29)27-30/h2-12,16-17,23-24,28,30H,13-14H2,1H3,(H,27,29)/t16?,17?,23-,24+/m1/s1. The lowest BCUT2D eigenvalue weighted by Gasteiger charge is -2.27. The number of nitrogens with zero attached hydrogens (tertiary/aromatic N) is 1. The molecule has 2 aliphatic carbocycles. The van der Waals surface area contributed by atoms with Gasteiger partial charge in [-0.1, -0.05) is 30.4 Å². The first-order valence-corrected chi connectivity index (χ1v) is 12.6. The number of aromatic nitrogens is 1. The molecular weight excluding hydrogens is 454 g/mol. The molecule has 0 aliphatic heterocycles. The molecule has 1 saturated carbocycles. The maximum absolute atomic E-state index is 13.0. The smallest absolute Gasteiger partial charge is 0.248 e. The van der Waals surface area contributed by atoms with Gasteiger partial charge in [0.25, 0.3) is 0 Å².